The van der Waals surface area contributed by atoms with E-state index in [1.165, 1.54) is 6.07 Å². The van der Waals surface area contributed by atoms with Crippen LogP contribution in [0.1, 0.15) is 18.5 Å². The Morgan fingerprint density at radius 2 is 1.76 bits per heavy atom. The topological polar surface area (TPSA) is 33.6 Å². The summed E-state index contributed by atoms with van der Waals surface area (Å²) >= 11 is 5.31. The lowest BCUT2D eigenvalue weighted by Crippen LogP contribution is -2.09. The van der Waals surface area contributed by atoms with E-state index in [1.807, 2.05) is 41.8 Å². The van der Waals surface area contributed by atoms with Gasteiger partial charge in [-0.15, -0.1) is 0 Å². The molecule has 1 heterocycles. The van der Waals surface area contributed by atoms with Crippen molar-refractivity contribution in [3.8, 4) is 11.4 Å². The van der Waals surface area contributed by atoms with Crippen molar-refractivity contribution in [3.05, 3.63) is 70.7 Å². The van der Waals surface area contributed by atoms with Crippen molar-refractivity contribution >= 4 is 12.2 Å². The Labute approximate surface area is 127 Å². The van der Waals surface area contributed by atoms with Crippen LogP contribution in [0.3, 0.4) is 0 Å². The van der Waals surface area contributed by atoms with E-state index in [2.05, 4.69) is 10.2 Å². The van der Waals surface area contributed by atoms with E-state index in [1.54, 1.807) is 18.2 Å². The molecule has 1 N–H and O–H groups in total. The largest absolute Gasteiger partial charge is 0.293 e. The third-order valence-electron chi connectivity index (χ3n) is 3.49. The molecule has 0 saturated carbocycles. The van der Waals surface area contributed by atoms with Gasteiger partial charge >= 0.3 is 0 Å². The molecular weight excluding hydrogens is 285 g/mol. The Balaban J connectivity index is 2.15. The molecule has 0 aliphatic carbocycles. The summed E-state index contributed by atoms with van der Waals surface area (Å²) in [6.45, 7) is 2.02. The lowest BCUT2D eigenvalue weighted by Gasteiger charge is -2.16. The highest BCUT2D eigenvalue weighted by Crippen LogP contribution is 2.26. The van der Waals surface area contributed by atoms with Gasteiger partial charge in [-0.1, -0.05) is 42.5 Å². The van der Waals surface area contributed by atoms with Crippen molar-refractivity contribution in [3.63, 3.8) is 0 Å². The minimum Gasteiger partial charge on any atom is -0.293 e. The van der Waals surface area contributed by atoms with Gasteiger partial charge < -0.3 is 0 Å². The van der Waals surface area contributed by atoms with Gasteiger partial charge in [-0.05, 0) is 36.8 Å². The number of hydrogen-bond acceptors (Lipinski definition) is 2. The number of hydrogen-bond donors (Lipinski definition) is 1. The Bertz CT molecular complexity index is 808. The minimum absolute atomic E-state index is 0.0351. The predicted molar refractivity (Wildman–Crippen MR) is 83.1 cm³/mol. The summed E-state index contributed by atoms with van der Waals surface area (Å²) in [6.07, 6.45) is 0. The van der Waals surface area contributed by atoms with Gasteiger partial charge in [0.1, 0.15) is 5.82 Å². The molecule has 106 valence electrons. The van der Waals surface area contributed by atoms with Gasteiger partial charge in [-0.3, -0.25) is 9.67 Å². The Hall–Kier alpha value is -2.27. The smallest absolute Gasteiger partial charge is 0.196 e. The average Bonchev–Trinajstić information content (AvgIpc) is 2.89. The Morgan fingerprint density at radius 3 is 2.48 bits per heavy atom. The van der Waals surface area contributed by atoms with Crippen LogP contribution in [-0.4, -0.2) is 14.8 Å². The molecule has 3 aromatic rings. The lowest BCUT2D eigenvalue weighted by atomic mass is 10.1. The molecule has 21 heavy (non-hydrogen) atoms. The maximum Gasteiger partial charge on any atom is 0.196 e. The fourth-order valence-electron chi connectivity index (χ4n) is 2.38. The summed E-state index contributed by atoms with van der Waals surface area (Å²) in [6, 6.07) is 16.5. The predicted octanol–water partition coefficient (Wildman–Crippen LogP) is 4.36. The minimum atomic E-state index is -0.312. The number of rotatable bonds is 3. The third-order valence-corrected chi connectivity index (χ3v) is 3.78. The molecule has 2 aromatic carbocycles. The van der Waals surface area contributed by atoms with E-state index < -0.39 is 0 Å². The Morgan fingerprint density at radius 1 is 1.10 bits per heavy atom. The van der Waals surface area contributed by atoms with Gasteiger partial charge in [0, 0.05) is 0 Å². The van der Waals surface area contributed by atoms with Crippen molar-refractivity contribution in [2.45, 2.75) is 13.0 Å². The van der Waals surface area contributed by atoms with Crippen LogP contribution in [0.5, 0.6) is 0 Å². The van der Waals surface area contributed by atoms with Crippen LogP contribution in [0, 0.1) is 10.6 Å². The highest BCUT2D eigenvalue weighted by atomic mass is 32.1. The van der Waals surface area contributed by atoms with Gasteiger partial charge in [0.25, 0.3) is 0 Å². The number of benzene rings is 2. The fraction of sp³-hybridized carbons (Fsp3) is 0.125. The number of aromatic nitrogens is 3. The van der Waals surface area contributed by atoms with Crippen LogP contribution in [0.15, 0.2) is 54.6 Å². The first-order valence-electron chi connectivity index (χ1n) is 6.65. The maximum atomic E-state index is 14.0. The monoisotopic (exact) mass is 299 g/mol. The van der Waals surface area contributed by atoms with Crippen LogP contribution in [-0.2, 0) is 0 Å². The standard InChI is InChI=1S/C16H14FN3S/c1-11(12-7-3-2-4-8-12)20-15(18-19-16(20)21)13-9-5-6-10-14(13)17/h2-11H,1H3,(H,19,21)/t11-/m0/s1. The van der Waals surface area contributed by atoms with Crippen molar-refractivity contribution in [1.82, 2.24) is 14.8 Å². The molecule has 0 radical (unpaired) electrons. The molecule has 1 atom stereocenters. The lowest BCUT2D eigenvalue weighted by molar-refractivity contribution is 0.613. The second-order valence-electron chi connectivity index (χ2n) is 4.79. The molecule has 0 aliphatic rings. The van der Waals surface area contributed by atoms with Gasteiger partial charge in [0.05, 0.1) is 11.6 Å². The van der Waals surface area contributed by atoms with E-state index >= 15 is 0 Å². The summed E-state index contributed by atoms with van der Waals surface area (Å²) in [5.41, 5.74) is 1.53. The molecule has 0 unspecified atom stereocenters. The maximum absolute atomic E-state index is 14.0. The van der Waals surface area contributed by atoms with Gasteiger partial charge in [-0.25, -0.2) is 4.39 Å². The summed E-state index contributed by atoms with van der Waals surface area (Å²) in [7, 11) is 0. The van der Waals surface area contributed by atoms with Crippen molar-refractivity contribution in [2.75, 3.05) is 0 Å². The zero-order valence-electron chi connectivity index (χ0n) is 11.5. The quantitative estimate of drug-likeness (QED) is 0.729. The molecule has 0 fully saturated rings. The number of nitrogens with zero attached hydrogens (tertiary/aromatic N) is 2. The molecule has 0 amide bonds. The van der Waals surface area contributed by atoms with Crippen molar-refractivity contribution in [2.24, 2.45) is 0 Å². The van der Waals surface area contributed by atoms with E-state index in [0.717, 1.165) is 5.56 Å². The first-order valence-corrected chi connectivity index (χ1v) is 7.06. The number of halogens is 1. The van der Waals surface area contributed by atoms with Gasteiger partial charge in [-0.2, -0.15) is 5.10 Å². The van der Waals surface area contributed by atoms with E-state index in [-0.39, 0.29) is 11.9 Å². The normalized spacial score (nSPS) is 12.3. The van der Waals surface area contributed by atoms with Crippen molar-refractivity contribution in [1.29, 1.82) is 0 Å². The van der Waals surface area contributed by atoms with Crippen LogP contribution < -0.4 is 0 Å². The molecule has 0 bridgehead atoms. The molecule has 1 aromatic heterocycles. The molecule has 0 saturated heterocycles. The Kier molecular flexibility index (Phi) is 3.66. The first kappa shape index (κ1) is 13.7. The first-order chi connectivity index (χ1) is 10.2. The van der Waals surface area contributed by atoms with Gasteiger partial charge in [0.2, 0.25) is 0 Å². The second-order valence-corrected chi connectivity index (χ2v) is 5.18. The zero-order valence-corrected chi connectivity index (χ0v) is 12.3. The van der Waals surface area contributed by atoms with Crippen LogP contribution in [0.2, 0.25) is 0 Å². The molecule has 0 spiro atoms. The van der Waals surface area contributed by atoms with E-state index in [4.69, 9.17) is 12.2 Å². The second kappa shape index (κ2) is 5.61. The average molecular weight is 299 g/mol. The molecule has 3 rings (SSSR count). The highest BCUT2D eigenvalue weighted by molar-refractivity contribution is 7.71. The molecule has 5 heteroatoms. The highest BCUT2D eigenvalue weighted by Gasteiger charge is 2.18. The van der Waals surface area contributed by atoms with Crippen molar-refractivity contribution < 1.29 is 4.39 Å². The summed E-state index contributed by atoms with van der Waals surface area (Å²) in [5, 5.41) is 6.96. The van der Waals surface area contributed by atoms with Crippen LogP contribution in [0.4, 0.5) is 4.39 Å². The number of H-pyrrole nitrogens is 1. The summed E-state index contributed by atoms with van der Waals surface area (Å²) < 4.78 is 16.3. The van der Waals surface area contributed by atoms with Crippen LogP contribution in [0.25, 0.3) is 11.4 Å². The number of nitrogens with one attached hydrogen (secondary N) is 1. The third kappa shape index (κ3) is 2.52. The van der Waals surface area contributed by atoms with Crippen LogP contribution >= 0.6 is 12.2 Å². The summed E-state index contributed by atoms with van der Waals surface area (Å²) in [5.74, 6) is 0.197. The van der Waals surface area contributed by atoms with E-state index in [9.17, 15) is 4.39 Å². The van der Waals surface area contributed by atoms with Gasteiger partial charge in [0.15, 0.2) is 10.6 Å². The summed E-state index contributed by atoms with van der Waals surface area (Å²) in [4.78, 5) is 0. The fourth-order valence-corrected chi connectivity index (χ4v) is 2.67. The molecule has 0 aliphatic heterocycles. The molecular formula is C16H14FN3S. The SMILES string of the molecule is C[C@@H](c1ccccc1)n1c(-c2ccccc2F)n[nH]c1=S. The zero-order chi connectivity index (χ0) is 14.8. The van der Waals surface area contributed by atoms with E-state index in [0.29, 0.717) is 16.2 Å². The number of aromatic amines is 1. The molecule has 3 nitrogen and oxygen atoms in total.